The van der Waals surface area contributed by atoms with Crippen LogP contribution in [0.3, 0.4) is 0 Å². The maximum absolute atomic E-state index is 6.24. The van der Waals surface area contributed by atoms with Crippen molar-refractivity contribution < 1.29 is 4.74 Å². The van der Waals surface area contributed by atoms with Crippen LogP contribution in [-0.2, 0) is 4.74 Å². The van der Waals surface area contributed by atoms with Crippen LogP contribution < -0.4 is 0 Å². The van der Waals surface area contributed by atoms with Gasteiger partial charge in [0.25, 0.3) is 0 Å². The fourth-order valence-corrected chi connectivity index (χ4v) is 3.83. The monoisotopic (exact) mass is 288 g/mol. The van der Waals surface area contributed by atoms with E-state index in [0.29, 0.717) is 5.41 Å². The first kappa shape index (κ1) is 12.9. The number of alkyl halides is 1. The molecular weight excluding hydrogens is 264 g/mol. The lowest BCUT2D eigenvalue weighted by Crippen LogP contribution is -2.32. The van der Waals surface area contributed by atoms with Gasteiger partial charge in [0.05, 0.1) is 12.2 Å². The molecule has 2 fully saturated rings. The molecule has 2 unspecified atom stereocenters. The zero-order chi connectivity index (χ0) is 11.8. The molecule has 1 nitrogen and oxygen atoms in total. The minimum absolute atomic E-state index is 0.186. The lowest BCUT2D eigenvalue weighted by molar-refractivity contribution is -0.0303. The van der Waals surface area contributed by atoms with E-state index in [9.17, 15) is 0 Å². The molecule has 0 heterocycles. The van der Waals surface area contributed by atoms with Gasteiger partial charge in [0.2, 0.25) is 0 Å². The van der Waals surface area contributed by atoms with Gasteiger partial charge in [0, 0.05) is 5.33 Å². The van der Waals surface area contributed by atoms with Crippen molar-refractivity contribution in [3.8, 4) is 0 Å². The highest BCUT2D eigenvalue weighted by molar-refractivity contribution is 9.09. The van der Waals surface area contributed by atoms with Gasteiger partial charge in [-0.2, -0.15) is 0 Å². The lowest BCUT2D eigenvalue weighted by atomic mass is 9.89. The Morgan fingerprint density at radius 3 is 2.31 bits per heavy atom. The van der Waals surface area contributed by atoms with Crippen LogP contribution in [0.5, 0.6) is 0 Å². The topological polar surface area (TPSA) is 9.23 Å². The summed E-state index contributed by atoms with van der Waals surface area (Å²) in [6.45, 7) is 8.06. The van der Waals surface area contributed by atoms with Crippen LogP contribution in [-0.4, -0.2) is 17.5 Å². The van der Waals surface area contributed by atoms with Crippen LogP contribution in [0.25, 0.3) is 0 Å². The minimum atomic E-state index is 0.186. The van der Waals surface area contributed by atoms with Crippen LogP contribution >= 0.6 is 15.9 Å². The Morgan fingerprint density at radius 2 is 1.88 bits per heavy atom. The average molecular weight is 289 g/mol. The number of rotatable bonds is 4. The van der Waals surface area contributed by atoms with Gasteiger partial charge < -0.3 is 4.74 Å². The Morgan fingerprint density at radius 1 is 1.25 bits per heavy atom. The molecule has 0 aromatic heterocycles. The first-order chi connectivity index (χ1) is 7.47. The third kappa shape index (κ3) is 2.81. The Kier molecular flexibility index (Phi) is 3.71. The Balaban J connectivity index is 1.76. The smallest absolute Gasteiger partial charge is 0.0779 e. The second-order valence-corrected chi connectivity index (χ2v) is 7.36. The fourth-order valence-electron chi connectivity index (χ4n) is 3.11. The third-order valence-corrected chi connectivity index (χ3v) is 5.42. The van der Waals surface area contributed by atoms with E-state index >= 15 is 0 Å². The molecule has 16 heavy (non-hydrogen) atoms. The molecule has 0 aliphatic heterocycles. The van der Waals surface area contributed by atoms with Crippen LogP contribution in [0.1, 0.15) is 52.9 Å². The van der Waals surface area contributed by atoms with Crippen molar-refractivity contribution in [3.63, 3.8) is 0 Å². The summed E-state index contributed by atoms with van der Waals surface area (Å²) in [5.41, 5.74) is 0.663. The highest BCUT2D eigenvalue weighted by Crippen LogP contribution is 2.51. The Hall–Kier alpha value is 0.440. The van der Waals surface area contributed by atoms with Crippen molar-refractivity contribution in [1.82, 2.24) is 0 Å². The minimum Gasteiger partial charge on any atom is -0.374 e. The zero-order valence-corrected chi connectivity index (χ0v) is 12.5. The van der Waals surface area contributed by atoms with Crippen molar-refractivity contribution >= 4 is 15.9 Å². The first-order valence-corrected chi connectivity index (χ1v) is 7.79. The van der Waals surface area contributed by atoms with E-state index < -0.39 is 0 Å². The molecule has 2 rings (SSSR count). The molecule has 0 aromatic carbocycles. The normalized spacial score (nSPS) is 33.0. The van der Waals surface area contributed by atoms with Crippen molar-refractivity contribution in [2.24, 2.45) is 17.3 Å². The second kappa shape index (κ2) is 4.61. The molecule has 0 radical (unpaired) electrons. The van der Waals surface area contributed by atoms with Gasteiger partial charge >= 0.3 is 0 Å². The van der Waals surface area contributed by atoms with Gasteiger partial charge in [-0.25, -0.2) is 0 Å². The van der Waals surface area contributed by atoms with Crippen LogP contribution in [0, 0.1) is 17.3 Å². The standard InChI is InChI=1S/C14H25BrO/c1-13(2,3)12-8-11(12)9-16-14(10-15)6-4-5-7-14/h11-12H,4-10H2,1-3H3. The predicted octanol–water partition coefficient (Wildman–Crippen LogP) is 4.39. The number of ether oxygens (including phenoxy) is 1. The summed E-state index contributed by atoms with van der Waals surface area (Å²) in [5, 5.41) is 1.02. The van der Waals surface area contributed by atoms with Crippen molar-refractivity contribution in [2.45, 2.75) is 58.5 Å². The number of halogens is 1. The molecule has 0 aromatic rings. The molecule has 0 saturated heterocycles. The molecule has 2 atom stereocenters. The zero-order valence-electron chi connectivity index (χ0n) is 10.9. The third-order valence-electron chi connectivity index (χ3n) is 4.40. The largest absolute Gasteiger partial charge is 0.374 e. The van der Waals surface area contributed by atoms with Gasteiger partial charge in [-0.3, -0.25) is 0 Å². The summed E-state index contributed by atoms with van der Waals surface area (Å²) in [6, 6.07) is 0. The first-order valence-electron chi connectivity index (χ1n) is 6.67. The molecule has 0 spiro atoms. The predicted molar refractivity (Wildman–Crippen MR) is 72.0 cm³/mol. The average Bonchev–Trinajstić information content (AvgIpc) is 2.87. The van der Waals surface area contributed by atoms with Crippen LogP contribution in [0.4, 0.5) is 0 Å². The lowest BCUT2D eigenvalue weighted by Gasteiger charge is -2.28. The van der Waals surface area contributed by atoms with E-state index in [2.05, 4.69) is 36.7 Å². The van der Waals surface area contributed by atoms with Gasteiger partial charge in [-0.1, -0.05) is 49.5 Å². The molecule has 0 amide bonds. The van der Waals surface area contributed by atoms with Crippen molar-refractivity contribution in [2.75, 3.05) is 11.9 Å². The van der Waals surface area contributed by atoms with Crippen molar-refractivity contribution in [1.29, 1.82) is 0 Å². The summed E-state index contributed by atoms with van der Waals surface area (Å²) in [6.07, 6.45) is 6.58. The summed E-state index contributed by atoms with van der Waals surface area (Å²) in [5.74, 6) is 1.72. The summed E-state index contributed by atoms with van der Waals surface area (Å²) in [4.78, 5) is 0. The van der Waals surface area contributed by atoms with E-state index in [-0.39, 0.29) is 5.60 Å². The number of hydrogen-bond acceptors (Lipinski definition) is 1. The molecule has 2 aliphatic rings. The molecule has 2 heteroatoms. The van der Waals surface area contributed by atoms with Gasteiger partial charge in [0.1, 0.15) is 0 Å². The Labute approximate surface area is 108 Å². The second-order valence-electron chi connectivity index (χ2n) is 6.80. The fraction of sp³-hybridized carbons (Fsp3) is 1.00. The SMILES string of the molecule is CC(C)(C)C1CC1COC1(CBr)CCCC1. The van der Waals surface area contributed by atoms with Gasteiger partial charge in [-0.15, -0.1) is 0 Å². The maximum Gasteiger partial charge on any atom is 0.0779 e. The quantitative estimate of drug-likeness (QED) is 0.697. The molecule has 0 N–H and O–H groups in total. The highest BCUT2D eigenvalue weighted by Gasteiger charge is 2.46. The van der Waals surface area contributed by atoms with E-state index in [4.69, 9.17) is 4.74 Å². The van der Waals surface area contributed by atoms with E-state index in [1.165, 1.54) is 32.1 Å². The molecule has 2 saturated carbocycles. The van der Waals surface area contributed by atoms with E-state index in [1.54, 1.807) is 0 Å². The van der Waals surface area contributed by atoms with Crippen LogP contribution in [0.2, 0.25) is 0 Å². The molecular formula is C14H25BrO. The van der Waals surface area contributed by atoms with Gasteiger partial charge in [0.15, 0.2) is 0 Å². The molecule has 0 bridgehead atoms. The van der Waals surface area contributed by atoms with E-state index in [1.807, 2.05) is 0 Å². The molecule has 94 valence electrons. The van der Waals surface area contributed by atoms with Gasteiger partial charge in [-0.05, 0) is 36.5 Å². The van der Waals surface area contributed by atoms with E-state index in [0.717, 1.165) is 23.8 Å². The number of hydrogen-bond donors (Lipinski definition) is 0. The van der Waals surface area contributed by atoms with Crippen molar-refractivity contribution in [3.05, 3.63) is 0 Å². The summed E-state index contributed by atoms with van der Waals surface area (Å²) >= 11 is 3.63. The maximum atomic E-state index is 6.24. The van der Waals surface area contributed by atoms with Crippen LogP contribution in [0.15, 0.2) is 0 Å². The molecule has 2 aliphatic carbocycles. The summed E-state index contributed by atoms with van der Waals surface area (Å²) in [7, 11) is 0. The highest BCUT2D eigenvalue weighted by atomic mass is 79.9. The Bertz CT molecular complexity index is 238. The summed E-state index contributed by atoms with van der Waals surface area (Å²) < 4.78 is 6.24.